The third-order valence-corrected chi connectivity index (χ3v) is 10.6. The van der Waals surface area contributed by atoms with Crippen molar-refractivity contribution in [1.82, 2.24) is 15.3 Å². The molecule has 54 heavy (non-hydrogen) atoms. The van der Waals surface area contributed by atoms with Gasteiger partial charge in [0.05, 0.1) is 23.1 Å². The molecule has 4 aromatic rings. The first-order chi connectivity index (χ1) is 25.8. The molecule has 3 aromatic heterocycles. The number of hydrogen-bond donors (Lipinski definition) is 5. The van der Waals surface area contributed by atoms with E-state index >= 15 is 0 Å². The van der Waals surface area contributed by atoms with Crippen LogP contribution in [-0.4, -0.2) is 70.3 Å². The molecule has 4 aliphatic rings. The number of aryl methyl sites for hydroxylation is 2. The number of nitrogens with one attached hydrogen (secondary N) is 2. The van der Waals surface area contributed by atoms with Crippen molar-refractivity contribution in [3.05, 3.63) is 93.3 Å². The van der Waals surface area contributed by atoms with Crippen molar-refractivity contribution in [3.63, 3.8) is 0 Å². The third kappa shape index (κ3) is 6.61. The molecular weight excluding hydrogens is 690 g/mol. The molecule has 8 rings (SSSR count). The maximum Gasteiger partial charge on any atom is 0.341 e. The summed E-state index contributed by atoms with van der Waals surface area (Å²) in [6.07, 6.45) is 6.47. The Morgan fingerprint density at radius 2 is 1.94 bits per heavy atom. The van der Waals surface area contributed by atoms with Crippen molar-refractivity contribution < 1.29 is 33.4 Å². The highest BCUT2D eigenvalue weighted by atomic mass is 16.7. The average molecular weight is 735 g/mol. The van der Waals surface area contributed by atoms with Gasteiger partial charge in [0.15, 0.2) is 11.0 Å². The number of pyridine rings is 2. The number of anilines is 2. The van der Waals surface area contributed by atoms with E-state index in [1.54, 1.807) is 19.1 Å². The Bertz CT molecular complexity index is 2350. The quantitative estimate of drug-likeness (QED) is 0.112. The van der Waals surface area contributed by atoms with E-state index < -0.39 is 29.4 Å². The van der Waals surface area contributed by atoms with Gasteiger partial charge in [-0.15, -0.1) is 0 Å². The smallest absolute Gasteiger partial charge is 0.341 e. The molecule has 14 nitrogen and oxygen atoms in total. The number of rotatable bonds is 11. The Morgan fingerprint density at radius 1 is 1.13 bits per heavy atom. The standard InChI is InChI=1S/C40H43N7O7/c1-21-11-29(48)36-31(51-21)17-30-26(37(36)49)16-33(39(2,3)53-30)52-38(50)40(8-10-43-4)32(54-40)6-5-22-12-27(46-34(41)13-22)24-14-25(45-35(42)15-24)19-47-18-23-7-9-44-28(23)20-47/h7,9,11-15,17-18,32-33,43,49H,5-6,8,10,16,19-20H2,1-4H3,(H2,41,46)(H2,42,45)/p+1/t32-,33-,40-/m1/s1. The number of nitrogen functional groups attached to an aromatic ring is 2. The second-order valence-corrected chi connectivity index (χ2v) is 15.0. The number of epoxide rings is 1. The van der Waals surface area contributed by atoms with Gasteiger partial charge in [-0.25, -0.2) is 14.8 Å². The van der Waals surface area contributed by atoms with Gasteiger partial charge in [0.2, 0.25) is 0 Å². The molecular formula is C40H44N7O7+. The summed E-state index contributed by atoms with van der Waals surface area (Å²) in [4.78, 5) is 41.6. The van der Waals surface area contributed by atoms with Gasteiger partial charge in [0, 0.05) is 42.3 Å². The van der Waals surface area contributed by atoms with E-state index in [0.717, 1.165) is 34.7 Å². The zero-order chi connectivity index (χ0) is 37.9. The molecule has 0 spiro atoms. The largest absolute Gasteiger partial charge is 0.507 e. The average Bonchev–Trinajstić information content (AvgIpc) is 3.42. The summed E-state index contributed by atoms with van der Waals surface area (Å²) in [7, 11) is 1.82. The lowest BCUT2D eigenvalue weighted by atomic mass is 9.89. The predicted molar refractivity (Wildman–Crippen MR) is 202 cm³/mol. The van der Waals surface area contributed by atoms with Crippen LogP contribution in [0.4, 0.5) is 11.6 Å². The molecule has 0 amide bonds. The van der Waals surface area contributed by atoms with Crippen LogP contribution in [0.5, 0.6) is 11.5 Å². The number of carbonyl (C=O) groups excluding carboxylic acids is 1. The van der Waals surface area contributed by atoms with Crippen LogP contribution in [0, 0.1) is 6.92 Å². The van der Waals surface area contributed by atoms with Crippen molar-refractivity contribution in [2.24, 2.45) is 4.99 Å². The van der Waals surface area contributed by atoms with Crippen molar-refractivity contribution in [3.8, 4) is 22.8 Å². The fourth-order valence-corrected chi connectivity index (χ4v) is 7.79. The van der Waals surface area contributed by atoms with Crippen LogP contribution >= 0.6 is 0 Å². The molecule has 1 aromatic carbocycles. The summed E-state index contributed by atoms with van der Waals surface area (Å²) < 4.78 is 24.4. The highest BCUT2D eigenvalue weighted by molar-refractivity contribution is 6.06. The minimum atomic E-state index is -1.16. The molecule has 14 heteroatoms. The van der Waals surface area contributed by atoms with Gasteiger partial charge >= 0.3 is 5.97 Å². The topological polar surface area (TPSA) is 205 Å². The Balaban J connectivity index is 0.970. The number of phenolic OH excluding ortho intramolecular Hbond substituents is 1. The summed E-state index contributed by atoms with van der Waals surface area (Å²) in [6, 6.07) is 10.5. The van der Waals surface area contributed by atoms with E-state index in [9.17, 15) is 14.7 Å². The molecule has 4 atom stereocenters. The number of aromatic hydroxyl groups is 1. The number of nitrogens with two attached hydrogens (primary N) is 2. The molecule has 1 unspecified atom stereocenters. The van der Waals surface area contributed by atoms with Crippen LogP contribution in [0.2, 0.25) is 0 Å². The van der Waals surface area contributed by atoms with Crippen LogP contribution in [0.1, 0.15) is 49.3 Å². The molecule has 280 valence electrons. The van der Waals surface area contributed by atoms with E-state index in [1.807, 2.05) is 51.4 Å². The zero-order valence-electron chi connectivity index (χ0n) is 30.7. The second-order valence-electron chi connectivity index (χ2n) is 15.0. The maximum atomic E-state index is 14.0. The summed E-state index contributed by atoms with van der Waals surface area (Å²) in [6.45, 7) is 7.28. The molecule has 0 aliphatic carbocycles. The van der Waals surface area contributed by atoms with Crippen molar-refractivity contribution in [2.45, 2.75) is 76.4 Å². The molecule has 1 saturated heterocycles. The van der Waals surface area contributed by atoms with Gasteiger partial charge in [-0.1, -0.05) is 0 Å². The van der Waals surface area contributed by atoms with E-state index in [0.29, 0.717) is 66.8 Å². The van der Waals surface area contributed by atoms with E-state index in [2.05, 4.69) is 26.5 Å². The third-order valence-electron chi connectivity index (χ3n) is 10.6. The number of esters is 1. The number of benzene rings is 1. The number of nitrogens with zero attached hydrogens (tertiary/aromatic N) is 3. The lowest BCUT2D eigenvalue weighted by Crippen LogP contribution is -3.05. The van der Waals surface area contributed by atoms with Gasteiger partial charge in [-0.05, 0) is 83.1 Å². The summed E-state index contributed by atoms with van der Waals surface area (Å²) in [5.41, 5.74) is 16.2. The minimum absolute atomic E-state index is 0.0630. The molecule has 0 saturated carbocycles. The summed E-state index contributed by atoms with van der Waals surface area (Å²) >= 11 is 0. The van der Waals surface area contributed by atoms with E-state index in [-0.39, 0.29) is 28.6 Å². The summed E-state index contributed by atoms with van der Waals surface area (Å²) in [5, 5.41) is 14.4. The SMILES string of the molecule is CNCC[C@@]1(C(=O)O[C@@H]2Cc3c(cc4oc(C)cc(=O)c4c3O)OC2(C)C)O[C@@H]1CCc1cc(N)nc(-c2cc(N)nc(C[NH+]3C=C4C=CN=C4C3)c2)c1. The number of ether oxygens (including phenoxy) is 3. The monoisotopic (exact) mass is 734 g/mol. The Kier molecular flexibility index (Phi) is 8.78. The van der Waals surface area contributed by atoms with Gasteiger partial charge in [0.25, 0.3) is 0 Å². The van der Waals surface area contributed by atoms with E-state index in [1.165, 1.54) is 11.0 Å². The Hall–Kier alpha value is -5.57. The van der Waals surface area contributed by atoms with Crippen LogP contribution < -0.4 is 31.8 Å². The highest BCUT2D eigenvalue weighted by Crippen LogP contribution is 2.47. The number of quaternary nitrogens is 1. The molecule has 7 N–H and O–H groups in total. The van der Waals surface area contributed by atoms with Crippen molar-refractivity contribution in [2.75, 3.05) is 31.6 Å². The van der Waals surface area contributed by atoms with Gasteiger partial charge < -0.3 is 40.5 Å². The summed E-state index contributed by atoms with van der Waals surface area (Å²) in [5.74, 6) is 0.826. The normalized spacial score (nSPS) is 23.4. The number of fused-ring (bicyclic) bond motifs is 3. The molecule has 0 radical (unpaired) electrons. The van der Waals surface area contributed by atoms with Crippen molar-refractivity contribution >= 4 is 34.3 Å². The number of phenols is 1. The first-order valence-corrected chi connectivity index (χ1v) is 18.2. The van der Waals surface area contributed by atoms with Crippen LogP contribution in [0.3, 0.4) is 0 Å². The minimum Gasteiger partial charge on any atom is -0.507 e. The van der Waals surface area contributed by atoms with Crippen LogP contribution in [0.15, 0.2) is 74.7 Å². The Morgan fingerprint density at radius 3 is 2.74 bits per heavy atom. The van der Waals surface area contributed by atoms with Crippen LogP contribution in [-0.2, 0) is 33.7 Å². The molecule has 4 aliphatic heterocycles. The van der Waals surface area contributed by atoms with Crippen molar-refractivity contribution in [1.29, 1.82) is 0 Å². The fourth-order valence-electron chi connectivity index (χ4n) is 7.79. The fraction of sp³-hybridized carbons (Fsp3) is 0.375. The lowest BCUT2D eigenvalue weighted by molar-refractivity contribution is -0.848. The van der Waals surface area contributed by atoms with Crippen LogP contribution in [0.25, 0.3) is 22.2 Å². The molecule has 7 heterocycles. The molecule has 1 fully saturated rings. The number of hydrogen-bond acceptors (Lipinski definition) is 13. The van der Waals surface area contributed by atoms with Gasteiger partial charge in [0.1, 0.15) is 76.6 Å². The Labute approximate surface area is 311 Å². The first-order valence-electron chi connectivity index (χ1n) is 18.2. The molecule has 0 bridgehead atoms. The maximum absolute atomic E-state index is 14.0. The second kappa shape index (κ2) is 13.4. The highest BCUT2D eigenvalue weighted by Gasteiger charge is 2.63. The number of carbonyl (C=O) groups is 1. The number of allylic oxidation sites excluding steroid dienone is 1. The van der Waals surface area contributed by atoms with E-state index in [4.69, 9.17) is 30.1 Å². The lowest BCUT2D eigenvalue weighted by Gasteiger charge is -2.39. The number of aliphatic imine (C=N–C) groups is 1. The van der Waals surface area contributed by atoms with Gasteiger partial charge in [-0.3, -0.25) is 14.7 Å². The van der Waals surface area contributed by atoms with Gasteiger partial charge in [-0.2, -0.15) is 0 Å². The number of aromatic nitrogens is 2. The zero-order valence-corrected chi connectivity index (χ0v) is 30.7. The first kappa shape index (κ1) is 35.5. The predicted octanol–water partition coefficient (Wildman–Crippen LogP) is 2.68.